The van der Waals surface area contributed by atoms with Crippen LogP contribution in [-0.4, -0.2) is 79.8 Å². The van der Waals surface area contributed by atoms with E-state index in [9.17, 15) is 9.59 Å². The first kappa shape index (κ1) is 21.1. The second-order valence-corrected chi connectivity index (χ2v) is 7.20. The van der Waals surface area contributed by atoms with Gasteiger partial charge in [0.25, 0.3) is 5.91 Å². The molecule has 0 bridgehead atoms. The minimum Gasteiger partial charge on any atom is -0.494 e. The molecule has 1 fully saturated rings. The minimum absolute atomic E-state index is 0.118. The van der Waals surface area contributed by atoms with E-state index in [0.29, 0.717) is 12.3 Å². The Hall–Kier alpha value is -2.58. The fourth-order valence-electron chi connectivity index (χ4n) is 3.61. The summed E-state index contributed by atoms with van der Waals surface area (Å²) in [5, 5.41) is 12.1. The predicted octanol–water partition coefficient (Wildman–Crippen LogP) is 1.22. The van der Waals surface area contributed by atoms with Gasteiger partial charge < -0.3 is 29.7 Å². The van der Waals surface area contributed by atoms with Gasteiger partial charge >= 0.3 is 5.97 Å². The molecule has 1 aromatic carbocycles. The summed E-state index contributed by atoms with van der Waals surface area (Å²) >= 11 is 0. The summed E-state index contributed by atoms with van der Waals surface area (Å²) in [5.74, 6) is -0.125. The summed E-state index contributed by atoms with van der Waals surface area (Å²) in [4.78, 5) is 28.4. The van der Waals surface area contributed by atoms with Crippen LogP contribution in [-0.2, 0) is 14.3 Å². The van der Waals surface area contributed by atoms with Crippen molar-refractivity contribution >= 4 is 17.6 Å². The first-order valence-corrected chi connectivity index (χ1v) is 10.1. The fraction of sp³-hybridized carbons (Fsp3) is 0.524. The topological polar surface area (TPSA) is 91.3 Å². The van der Waals surface area contributed by atoms with Crippen LogP contribution in [0, 0.1) is 0 Å². The zero-order valence-corrected chi connectivity index (χ0v) is 16.9. The number of carbonyl (C=O) groups excluding carboxylic acids is 2. The van der Waals surface area contributed by atoms with Gasteiger partial charge in [-0.05, 0) is 56.6 Å². The summed E-state index contributed by atoms with van der Waals surface area (Å²) in [5.41, 5.74) is 1.11. The van der Waals surface area contributed by atoms with Crippen LogP contribution in [0.1, 0.15) is 19.3 Å². The van der Waals surface area contributed by atoms with E-state index in [1.165, 1.54) is 37.9 Å². The number of aliphatic hydroxyl groups is 1. The molecule has 29 heavy (non-hydrogen) atoms. The molecule has 8 nitrogen and oxygen atoms in total. The third-order valence-corrected chi connectivity index (χ3v) is 5.16. The molecule has 0 atom stereocenters. The van der Waals surface area contributed by atoms with Crippen molar-refractivity contribution in [3.8, 4) is 5.75 Å². The summed E-state index contributed by atoms with van der Waals surface area (Å²) in [7, 11) is 1.28. The molecule has 1 saturated heterocycles. The average Bonchev–Trinajstić information content (AvgIpc) is 3.36. The number of β-amino-alcohol motifs (C(OH)–C–C–N with tert-alkyl or cyclic N) is 1. The highest BCUT2D eigenvalue weighted by Gasteiger charge is 2.34. The van der Waals surface area contributed by atoms with Crippen LogP contribution in [0.25, 0.3) is 0 Å². The number of hydrogen-bond donors (Lipinski definition) is 2. The van der Waals surface area contributed by atoms with Crippen molar-refractivity contribution in [1.29, 1.82) is 0 Å². The van der Waals surface area contributed by atoms with E-state index in [1.807, 2.05) is 12.1 Å². The largest absolute Gasteiger partial charge is 0.494 e. The van der Waals surface area contributed by atoms with Crippen molar-refractivity contribution in [2.24, 2.45) is 0 Å². The lowest BCUT2D eigenvalue weighted by Gasteiger charge is -2.15. The molecular formula is C21H29N3O5. The van der Waals surface area contributed by atoms with Gasteiger partial charge in [0.05, 0.1) is 32.4 Å². The number of rotatable bonds is 10. The Bertz CT molecular complexity index is 741. The Morgan fingerprint density at radius 1 is 1.17 bits per heavy atom. The lowest BCUT2D eigenvalue weighted by molar-refractivity contribution is -0.136. The van der Waals surface area contributed by atoms with Crippen LogP contribution in [0.2, 0.25) is 0 Å². The van der Waals surface area contributed by atoms with Gasteiger partial charge in [-0.1, -0.05) is 0 Å². The quantitative estimate of drug-likeness (QED) is 0.448. The first-order chi connectivity index (χ1) is 14.1. The monoisotopic (exact) mass is 403 g/mol. The number of anilines is 1. The van der Waals surface area contributed by atoms with E-state index >= 15 is 0 Å². The molecule has 2 aliphatic rings. The van der Waals surface area contributed by atoms with Crippen molar-refractivity contribution in [2.75, 3.05) is 58.4 Å². The van der Waals surface area contributed by atoms with Crippen LogP contribution in [0.5, 0.6) is 5.75 Å². The molecular weight excluding hydrogens is 374 g/mol. The number of aliphatic hydroxyl groups excluding tert-OH is 1. The second kappa shape index (κ2) is 10.3. The highest BCUT2D eigenvalue weighted by atomic mass is 16.5. The molecule has 0 spiro atoms. The Labute approximate surface area is 171 Å². The molecule has 0 saturated carbocycles. The summed E-state index contributed by atoms with van der Waals surface area (Å²) in [6.07, 6.45) is 3.58. The predicted molar refractivity (Wildman–Crippen MR) is 109 cm³/mol. The van der Waals surface area contributed by atoms with E-state index in [4.69, 9.17) is 14.6 Å². The van der Waals surface area contributed by atoms with E-state index in [0.717, 1.165) is 18.7 Å². The van der Waals surface area contributed by atoms with Crippen LogP contribution in [0.4, 0.5) is 5.69 Å². The van der Waals surface area contributed by atoms with Gasteiger partial charge in [0, 0.05) is 18.8 Å². The van der Waals surface area contributed by atoms with Crippen molar-refractivity contribution in [3.05, 3.63) is 35.5 Å². The van der Waals surface area contributed by atoms with Gasteiger partial charge in [-0.15, -0.1) is 0 Å². The maximum atomic E-state index is 12.5. The molecule has 0 unspecified atom stereocenters. The van der Waals surface area contributed by atoms with Crippen LogP contribution < -0.4 is 10.1 Å². The van der Waals surface area contributed by atoms with Crippen LogP contribution in [0.15, 0.2) is 35.5 Å². The average molecular weight is 403 g/mol. The molecule has 8 heteroatoms. The fourth-order valence-corrected chi connectivity index (χ4v) is 3.61. The molecule has 0 aromatic heterocycles. The van der Waals surface area contributed by atoms with Crippen molar-refractivity contribution < 1.29 is 24.2 Å². The first-order valence-electron chi connectivity index (χ1n) is 10.1. The van der Waals surface area contributed by atoms with E-state index < -0.39 is 5.97 Å². The SMILES string of the molecule is COC(=O)C1=C(Nc2ccc(OCCCN3CCCC3)cc2)C(=O)N(CCO)C1. The minimum atomic E-state index is -0.556. The molecule has 2 heterocycles. The third kappa shape index (κ3) is 5.48. The highest BCUT2D eigenvalue weighted by molar-refractivity contribution is 6.08. The van der Waals surface area contributed by atoms with Crippen molar-refractivity contribution in [2.45, 2.75) is 19.3 Å². The molecule has 0 radical (unpaired) electrons. The standard InChI is InChI=1S/C21H29N3O5/c1-28-21(27)18-15-24(12-13-25)20(26)19(18)22-16-5-7-17(8-6-16)29-14-4-11-23-9-2-3-10-23/h5-8,22,25H,2-4,9-15H2,1H3. The number of amides is 1. The molecule has 0 aliphatic carbocycles. The Morgan fingerprint density at radius 3 is 2.55 bits per heavy atom. The molecule has 2 aliphatic heterocycles. The Kier molecular flexibility index (Phi) is 7.48. The summed E-state index contributed by atoms with van der Waals surface area (Å²) in [6.45, 7) is 4.22. The molecule has 3 rings (SSSR count). The van der Waals surface area contributed by atoms with E-state index in [1.54, 1.807) is 12.1 Å². The number of esters is 1. The van der Waals surface area contributed by atoms with Gasteiger partial charge in [0.1, 0.15) is 11.4 Å². The second-order valence-electron chi connectivity index (χ2n) is 7.20. The zero-order valence-electron chi connectivity index (χ0n) is 16.9. The van der Waals surface area contributed by atoms with Crippen LogP contribution in [0.3, 0.4) is 0 Å². The normalized spacial score (nSPS) is 17.2. The van der Waals surface area contributed by atoms with Crippen LogP contribution >= 0.6 is 0 Å². The molecule has 1 amide bonds. The summed E-state index contributed by atoms with van der Waals surface area (Å²) < 4.78 is 10.6. The van der Waals surface area contributed by atoms with Gasteiger partial charge in [-0.2, -0.15) is 0 Å². The van der Waals surface area contributed by atoms with Gasteiger partial charge in [0.15, 0.2) is 0 Å². The Morgan fingerprint density at radius 2 is 1.90 bits per heavy atom. The van der Waals surface area contributed by atoms with E-state index in [2.05, 4.69) is 10.2 Å². The maximum Gasteiger partial charge on any atom is 0.337 e. The van der Waals surface area contributed by atoms with Gasteiger partial charge in [0.2, 0.25) is 0 Å². The maximum absolute atomic E-state index is 12.5. The lowest BCUT2D eigenvalue weighted by Crippen LogP contribution is -2.31. The van der Waals surface area contributed by atoms with E-state index in [-0.39, 0.29) is 36.9 Å². The highest BCUT2D eigenvalue weighted by Crippen LogP contribution is 2.24. The number of likely N-dealkylation sites (tertiary alicyclic amines) is 1. The number of nitrogens with one attached hydrogen (secondary N) is 1. The zero-order chi connectivity index (χ0) is 20.6. The van der Waals surface area contributed by atoms with Gasteiger partial charge in [-0.25, -0.2) is 4.79 Å². The third-order valence-electron chi connectivity index (χ3n) is 5.16. The number of nitrogens with zero attached hydrogens (tertiary/aromatic N) is 2. The number of methoxy groups -OCH3 is 1. The summed E-state index contributed by atoms with van der Waals surface area (Å²) in [6, 6.07) is 7.28. The number of ether oxygens (including phenoxy) is 2. The number of carbonyl (C=O) groups is 2. The molecule has 1 aromatic rings. The van der Waals surface area contributed by atoms with Crippen molar-refractivity contribution in [3.63, 3.8) is 0 Å². The lowest BCUT2D eigenvalue weighted by atomic mass is 10.2. The van der Waals surface area contributed by atoms with Gasteiger partial charge in [-0.3, -0.25) is 4.79 Å². The van der Waals surface area contributed by atoms with Crippen molar-refractivity contribution in [1.82, 2.24) is 9.80 Å². The number of benzene rings is 1. The molecule has 2 N–H and O–H groups in total. The smallest absolute Gasteiger partial charge is 0.337 e. The Balaban J connectivity index is 1.55. The number of hydrogen-bond acceptors (Lipinski definition) is 7. The molecule has 158 valence electrons.